The van der Waals surface area contributed by atoms with Gasteiger partial charge in [0, 0.05) is 25.2 Å². The van der Waals surface area contributed by atoms with Gasteiger partial charge in [-0.15, -0.1) is 11.3 Å². The molecule has 0 aliphatic heterocycles. The molecule has 2 unspecified atom stereocenters. The molecule has 1 heterocycles. The van der Waals surface area contributed by atoms with E-state index in [9.17, 15) is 0 Å². The molecule has 1 saturated carbocycles. The van der Waals surface area contributed by atoms with Gasteiger partial charge >= 0.3 is 0 Å². The van der Waals surface area contributed by atoms with Crippen LogP contribution in [0.5, 0.6) is 0 Å². The highest BCUT2D eigenvalue weighted by Crippen LogP contribution is 2.38. The van der Waals surface area contributed by atoms with Gasteiger partial charge in [0.25, 0.3) is 0 Å². The van der Waals surface area contributed by atoms with E-state index in [1.807, 2.05) is 6.20 Å². The number of thiazole rings is 1. The van der Waals surface area contributed by atoms with E-state index >= 15 is 0 Å². The van der Waals surface area contributed by atoms with Crippen LogP contribution in [0.1, 0.15) is 44.0 Å². The summed E-state index contributed by atoms with van der Waals surface area (Å²) in [5.74, 6) is 0.844. The van der Waals surface area contributed by atoms with Crippen molar-refractivity contribution in [2.45, 2.75) is 44.6 Å². The van der Waals surface area contributed by atoms with Gasteiger partial charge in [-0.2, -0.15) is 0 Å². The molecule has 1 fully saturated rings. The summed E-state index contributed by atoms with van der Waals surface area (Å²) in [4.78, 5) is 4.57. The highest BCUT2D eigenvalue weighted by molar-refractivity contribution is 7.09. The van der Waals surface area contributed by atoms with Crippen LogP contribution in [0.25, 0.3) is 0 Å². The van der Waals surface area contributed by atoms with Crippen molar-refractivity contribution in [1.82, 2.24) is 10.3 Å². The van der Waals surface area contributed by atoms with E-state index in [0.29, 0.717) is 0 Å². The average molecular weight is 268 g/mol. The number of aromatic nitrogens is 1. The summed E-state index contributed by atoms with van der Waals surface area (Å²) in [6.07, 6.45) is 8.26. The Morgan fingerprint density at radius 3 is 3.11 bits per heavy atom. The fourth-order valence-electron chi connectivity index (χ4n) is 2.83. The molecule has 2 rings (SSSR count). The van der Waals surface area contributed by atoms with E-state index in [1.54, 1.807) is 18.4 Å². The Morgan fingerprint density at radius 1 is 1.50 bits per heavy atom. The number of nitrogens with zero attached hydrogens (tertiary/aromatic N) is 1. The van der Waals surface area contributed by atoms with Gasteiger partial charge in [0.1, 0.15) is 5.01 Å². The second kappa shape index (κ2) is 6.64. The Balaban J connectivity index is 2.11. The molecule has 1 aliphatic carbocycles. The first-order valence-corrected chi connectivity index (χ1v) is 7.79. The van der Waals surface area contributed by atoms with Crippen LogP contribution in [0.15, 0.2) is 11.6 Å². The smallest absolute Gasteiger partial charge is 0.113 e. The van der Waals surface area contributed by atoms with Crippen LogP contribution in [0, 0.1) is 5.92 Å². The van der Waals surface area contributed by atoms with Crippen LogP contribution in [0.3, 0.4) is 0 Å². The zero-order valence-corrected chi connectivity index (χ0v) is 12.3. The van der Waals surface area contributed by atoms with Gasteiger partial charge in [0.15, 0.2) is 0 Å². The van der Waals surface area contributed by atoms with Crippen LogP contribution in [-0.2, 0) is 10.3 Å². The molecule has 0 spiro atoms. The average Bonchev–Trinajstić information content (AvgIpc) is 2.84. The van der Waals surface area contributed by atoms with Crippen LogP contribution < -0.4 is 5.32 Å². The second-order valence-corrected chi connectivity index (χ2v) is 6.27. The van der Waals surface area contributed by atoms with Gasteiger partial charge in [0.2, 0.25) is 0 Å². The first-order chi connectivity index (χ1) is 8.77. The molecule has 0 amide bonds. The fourth-order valence-corrected chi connectivity index (χ4v) is 3.71. The van der Waals surface area contributed by atoms with Crippen molar-refractivity contribution < 1.29 is 4.74 Å². The molecular weight excluding hydrogens is 244 g/mol. The van der Waals surface area contributed by atoms with Gasteiger partial charge in [0.05, 0.1) is 12.1 Å². The Kier molecular flexibility index (Phi) is 5.15. The Labute approximate surface area is 114 Å². The number of hydrogen-bond acceptors (Lipinski definition) is 4. The lowest BCUT2D eigenvalue weighted by molar-refractivity contribution is 0.177. The van der Waals surface area contributed by atoms with E-state index < -0.39 is 0 Å². The van der Waals surface area contributed by atoms with Crippen LogP contribution >= 0.6 is 11.3 Å². The zero-order chi connectivity index (χ0) is 12.8. The first-order valence-electron chi connectivity index (χ1n) is 6.91. The second-order valence-electron chi connectivity index (χ2n) is 5.38. The predicted molar refractivity (Wildman–Crippen MR) is 75.9 cm³/mol. The standard InChI is InChI=1S/C14H24N2OS/c1-12-4-3-6-14(7-5-12,16-8-10-17-2)13-15-9-11-18-13/h9,11-12,16H,3-8,10H2,1-2H3. The van der Waals surface area contributed by atoms with E-state index in [-0.39, 0.29) is 5.54 Å². The summed E-state index contributed by atoms with van der Waals surface area (Å²) in [6.45, 7) is 4.04. The molecule has 1 N–H and O–H groups in total. The minimum absolute atomic E-state index is 0.0947. The summed E-state index contributed by atoms with van der Waals surface area (Å²) in [6, 6.07) is 0. The normalized spacial score (nSPS) is 29.1. The maximum atomic E-state index is 5.17. The number of methoxy groups -OCH3 is 1. The van der Waals surface area contributed by atoms with Crippen LogP contribution in [0.4, 0.5) is 0 Å². The Hall–Kier alpha value is -0.450. The van der Waals surface area contributed by atoms with E-state index in [0.717, 1.165) is 19.1 Å². The molecule has 0 radical (unpaired) electrons. The molecule has 102 valence electrons. The van der Waals surface area contributed by atoms with Crippen molar-refractivity contribution in [3.8, 4) is 0 Å². The number of nitrogens with one attached hydrogen (secondary N) is 1. The highest BCUT2D eigenvalue weighted by Gasteiger charge is 2.35. The van der Waals surface area contributed by atoms with Gasteiger partial charge in [-0.1, -0.05) is 19.8 Å². The Bertz CT molecular complexity index is 342. The summed E-state index contributed by atoms with van der Waals surface area (Å²) in [5, 5.41) is 7.07. The van der Waals surface area contributed by atoms with Crippen molar-refractivity contribution >= 4 is 11.3 Å². The molecule has 0 bridgehead atoms. The molecule has 0 saturated heterocycles. The largest absolute Gasteiger partial charge is 0.383 e. The van der Waals surface area contributed by atoms with E-state index in [4.69, 9.17) is 4.74 Å². The lowest BCUT2D eigenvalue weighted by atomic mass is 9.90. The van der Waals surface area contributed by atoms with Crippen molar-refractivity contribution in [1.29, 1.82) is 0 Å². The van der Waals surface area contributed by atoms with Gasteiger partial charge in [-0.3, -0.25) is 0 Å². The molecule has 1 aromatic heterocycles. The monoisotopic (exact) mass is 268 g/mol. The third-order valence-corrected chi connectivity index (χ3v) is 4.95. The van der Waals surface area contributed by atoms with Gasteiger partial charge in [-0.05, 0) is 25.2 Å². The van der Waals surface area contributed by atoms with Gasteiger partial charge in [-0.25, -0.2) is 4.98 Å². The molecule has 1 aromatic rings. The summed E-state index contributed by atoms with van der Waals surface area (Å²) in [7, 11) is 1.76. The molecule has 1 aliphatic rings. The van der Waals surface area contributed by atoms with E-state index in [1.165, 1.54) is 37.1 Å². The van der Waals surface area contributed by atoms with Crippen LogP contribution in [-0.4, -0.2) is 25.2 Å². The topological polar surface area (TPSA) is 34.1 Å². The van der Waals surface area contributed by atoms with Crippen molar-refractivity contribution in [3.63, 3.8) is 0 Å². The quantitative estimate of drug-likeness (QED) is 0.658. The van der Waals surface area contributed by atoms with Crippen molar-refractivity contribution in [2.24, 2.45) is 5.92 Å². The molecule has 2 atom stereocenters. The Morgan fingerprint density at radius 2 is 2.39 bits per heavy atom. The maximum Gasteiger partial charge on any atom is 0.113 e. The molecule has 3 nitrogen and oxygen atoms in total. The minimum atomic E-state index is 0.0947. The van der Waals surface area contributed by atoms with Crippen molar-refractivity contribution in [3.05, 3.63) is 16.6 Å². The maximum absolute atomic E-state index is 5.17. The minimum Gasteiger partial charge on any atom is -0.383 e. The summed E-state index contributed by atoms with van der Waals surface area (Å²) >= 11 is 1.78. The summed E-state index contributed by atoms with van der Waals surface area (Å²) < 4.78 is 5.17. The third kappa shape index (κ3) is 3.31. The van der Waals surface area contributed by atoms with Crippen molar-refractivity contribution in [2.75, 3.05) is 20.3 Å². The predicted octanol–water partition coefficient (Wildman–Crippen LogP) is 3.17. The lowest BCUT2D eigenvalue weighted by Crippen LogP contribution is -2.43. The van der Waals surface area contributed by atoms with Gasteiger partial charge < -0.3 is 10.1 Å². The van der Waals surface area contributed by atoms with Crippen LogP contribution in [0.2, 0.25) is 0 Å². The molecule has 0 aromatic carbocycles. The number of hydrogen-bond donors (Lipinski definition) is 1. The fraction of sp³-hybridized carbons (Fsp3) is 0.786. The zero-order valence-electron chi connectivity index (χ0n) is 11.4. The highest BCUT2D eigenvalue weighted by atomic mass is 32.1. The first kappa shape index (κ1) is 14.0. The number of rotatable bonds is 5. The molecular formula is C14H24N2OS. The third-order valence-electron chi connectivity index (χ3n) is 3.98. The molecule has 18 heavy (non-hydrogen) atoms. The molecule has 4 heteroatoms. The van der Waals surface area contributed by atoms with E-state index in [2.05, 4.69) is 22.6 Å². The number of ether oxygens (including phenoxy) is 1. The summed E-state index contributed by atoms with van der Waals surface area (Å²) in [5.41, 5.74) is 0.0947. The lowest BCUT2D eigenvalue weighted by Gasteiger charge is -2.32. The SMILES string of the molecule is COCCNC1(c2nccs2)CCCC(C)CC1.